The van der Waals surface area contributed by atoms with Gasteiger partial charge in [0.15, 0.2) is 0 Å². The third-order valence-electron chi connectivity index (χ3n) is 1.97. The molecule has 4 nitrogen and oxygen atoms in total. The first kappa shape index (κ1) is 13.4. The number of hydrogen-bond donors (Lipinski definition) is 2. The second-order valence-corrected chi connectivity index (χ2v) is 3.73. The Morgan fingerprint density at radius 2 is 1.79 bits per heavy atom. The molecule has 1 aliphatic rings. The van der Waals surface area contributed by atoms with Crippen LogP contribution in [0, 0.1) is 0 Å². The standard InChI is InChI=1S/C8H17NO.C2H4O2/c1-8(10)7-9-5-3-2-4-6-9;1-2(3)4/h8,10H,2-7H2,1H3;1H3,(H,3,4). The summed E-state index contributed by atoms with van der Waals surface area (Å²) < 4.78 is 0. The molecule has 1 heterocycles. The number of β-amino-alcohol motifs (C(OH)–C–C–N with tert-alkyl or cyclic N) is 1. The number of carboxylic acids is 1. The maximum atomic E-state index is 9.06. The van der Waals surface area contributed by atoms with E-state index in [1.54, 1.807) is 0 Å². The zero-order chi connectivity index (χ0) is 11.0. The molecule has 1 saturated heterocycles. The lowest BCUT2D eigenvalue weighted by molar-refractivity contribution is -0.134. The molecule has 1 atom stereocenters. The van der Waals surface area contributed by atoms with Gasteiger partial charge in [0.1, 0.15) is 0 Å². The van der Waals surface area contributed by atoms with Crippen LogP contribution in [0.25, 0.3) is 0 Å². The van der Waals surface area contributed by atoms with Crippen molar-refractivity contribution in [3.63, 3.8) is 0 Å². The average Bonchev–Trinajstić information content (AvgIpc) is 2.03. The molecule has 0 spiro atoms. The van der Waals surface area contributed by atoms with E-state index in [2.05, 4.69) is 4.90 Å². The molecule has 0 amide bonds. The van der Waals surface area contributed by atoms with Crippen molar-refractivity contribution >= 4 is 5.97 Å². The Morgan fingerprint density at radius 1 is 1.36 bits per heavy atom. The van der Waals surface area contributed by atoms with Crippen molar-refractivity contribution in [2.75, 3.05) is 19.6 Å². The number of nitrogens with zero attached hydrogens (tertiary/aromatic N) is 1. The molecule has 0 bridgehead atoms. The van der Waals surface area contributed by atoms with Crippen LogP contribution in [0.5, 0.6) is 0 Å². The van der Waals surface area contributed by atoms with Crippen LogP contribution in [0.2, 0.25) is 0 Å². The van der Waals surface area contributed by atoms with Gasteiger partial charge in [0.05, 0.1) is 6.10 Å². The summed E-state index contributed by atoms with van der Waals surface area (Å²) in [6.45, 7) is 6.17. The van der Waals surface area contributed by atoms with Crippen molar-refractivity contribution in [2.24, 2.45) is 0 Å². The molecule has 1 fully saturated rings. The number of carboxylic acid groups (broad SMARTS) is 1. The normalized spacial score (nSPS) is 19.4. The van der Waals surface area contributed by atoms with Crippen LogP contribution in [-0.2, 0) is 4.79 Å². The fourth-order valence-electron chi connectivity index (χ4n) is 1.52. The van der Waals surface area contributed by atoms with E-state index >= 15 is 0 Å². The molecule has 0 saturated carbocycles. The lowest BCUT2D eigenvalue weighted by atomic mass is 10.1. The fourth-order valence-corrected chi connectivity index (χ4v) is 1.52. The molecular weight excluding hydrogens is 182 g/mol. The van der Waals surface area contributed by atoms with Gasteiger partial charge < -0.3 is 15.1 Å². The van der Waals surface area contributed by atoms with E-state index in [-0.39, 0.29) is 6.10 Å². The van der Waals surface area contributed by atoms with Gasteiger partial charge in [-0.3, -0.25) is 4.79 Å². The molecule has 1 rings (SSSR count). The van der Waals surface area contributed by atoms with Gasteiger partial charge in [-0.05, 0) is 32.9 Å². The molecular formula is C10H21NO3. The van der Waals surface area contributed by atoms with Crippen molar-refractivity contribution in [2.45, 2.75) is 39.2 Å². The summed E-state index contributed by atoms with van der Waals surface area (Å²) in [7, 11) is 0. The van der Waals surface area contributed by atoms with Crippen LogP contribution in [0.3, 0.4) is 0 Å². The van der Waals surface area contributed by atoms with Crippen LogP contribution < -0.4 is 0 Å². The van der Waals surface area contributed by atoms with Crippen LogP contribution in [0.15, 0.2) is 0 Å². The lowest BCUT2D eigenvalue weighted by Crippen LogP contribution is -2.35. The Morgan fingerprint density at radius 3 is 2.14 bits per heavy atom. The third-order valence-corrected chi connectivity index (χ3v) is 1.97. The summed E-state index contributed by atoms with van der Waals surface area (Å²) in [5, 5.41) is 16.5. The summed E-state index contributed by atoms with van der Waals surface area (Å²) in [5.41, 5.74) is 0. The highest BCUT2D eigenvalue weighted by Crippen LogP contribution is 2.08. The topological polar surface area (TPSA) is 60.8 Å². The number of aliphatic hydroxyl groups excluding tert-OH is 1. The third kappa shape index (κ3) is 9.48. The molecule has 0 aromatic carbocycles. The molecule has 0 aromatic heterocycles. The predicted octanol–water partition coefficient (Wildman–Crippen LogP) is 0.944. The van der Waals surface area contributed by atoms with E-state index in [0.717, 1.165) is 13.5 Å². The Balaban J connectivity index is 0.000000364. The van der Waals surface area contributed by atoms with Crippen molar-refractivity contribution in [1.82, 2.24) is 4.90 Å². The highest BCUT2D eigenvalue weighted by Gasteiger charge is 2.10. The first-order valence-electron chi connectivity index (χ1n) is 5.12. The molecule has 1 aliphatic heterocycles. The van der Waals surface area contributed by atoms with Crippen molar-refractivity contribution in [1.29, 1.82) is 0 Å². The number of likely N-dealkylation sites (tertiary alicyclic amines) is 1. The minimum Gasteiger partial charge on any atom is -0.481 e. The van der Waals surface area contributed by atoms with Crippen molar-refractivity contribution < 1.29 is 15.0 Å². The molecule has 1 unspecified atom stereocenters. The van der Waals surface area contributed by atoms with Crippen LogP contribution >= 0.6 is 0 Å². The monoisotopic (exact) mass is 203 g/mol. The molecule has 0 aromatic rings. The number of rotatable bonds is 2. The summed E-state index contributed by atoms with van der Waals surface area (Å²) in [6.07, 6.45) is 3.84. The van der Waals surface area contributed by atoms with Gasteiger partial charge in [0, 0.05) is 13.5 Å². The second kappa shape index (κ2) is 7.76. The van der Waals surface area contributed by atoms with E-state index in [4.69, 9.17) is 15.0 Å². The van der Waals surface area contributed by atoms with Crippen LogP contribution in [0.4, 0.5) is 0 Å². The SMILES string of the molecule is CC(=O)O.CC(O)CN1CCCCC1. The second-order valence-electron chi connectivity index (χ2n) is 3.73. The maximum Gasteiger partial charge on any atom is 0.300 e. The van der Waals surface area contributed by atoms with Gasteiger partial charge in [-0.2, -0.15) is 0 Å². The number of aliphatic carboxylic acids is 1. The first-order chi connectivity index (χ1) is 6.52. The van der Waals surface area contributed by atoms with Gasteiger partial charge in [-0.25, -0.2) is 0 Å². The highest BCUT2D eigenvalue weighted by atomic mass is 16.4. The highest BCUT2D eigenvalue weighted by molar-refractivity contribution is 5.62. The minimum absolute atomic E-state index is 0.155. The van der Waals surface area contributed by atoms with Crippen LogP contribution in [-0.4, -0.2) is 46.8 Å². The lowest BCUT2D eigenvalue weighted by Gasteiger charge is -2.27. The number of aliphatic hydroxyl groups is 1. The summed E-state index contributed by atoms with van der Waals surface area (Å²) in [5.74, 6) is -0.833. The maximum absolute atomic E-state index is 9.06. The largest absolute Gasteiger partial charge is 0.481 e. The predicted molar refractivity (Wildman–Crippen MR) is 55.3 cm³/mol. The van der Waals surface area contributed by atoms with Crippen LogP contribution in [0.1, 0.15) is 33.1 Å². The summed E-state index contributed by atoms with van der Waals surface area (Å²) in [4.78, 5) is 11.3. The van der Waals surface area contributed by atoms with E-state index in [9.17, 15) is 0 Å². The zero-order valence-electron chi connectivity index (χ0n) is 9.07. The van der Waals surface area contributed by atoms with Gasteiger partial charge in [0.2, 0.25) is 0 Å². The van der Waals surface area contributed by atoms with Crippen molar-refractivity contribution in [3.05, 3.63) is 0 Å². The fraction of sp³-hybridized carbons (Fsp3) is 0.900. The Hall–Kier alpha value is -0.610. The minimum atomic E-state index is -0.833. The molecule has 4 heteroatoms. The van der Waals surface area contributed by atoms with E-state index < -0.39 is 5.97 Å². The molecule has 0 radical (unpaired) electrons. The van der Waals surface area contributed by atoms with Crippen molar-refractivity contribution in [3.8, 4) is 0 Å². The average molecular weight is 203 g/mol. The Labute approximate surface area is 85.5 Å². The quantitative estimate of drug-likeness (QED) is 0.701. The number of piperidine rings is 1. The van der Waals surface area contributed by atoms with Gasteiger partial charge >= 0.3 is 0 Å². The smallest absolute Gasteiger partial charge is 0.300 e. The Kier molecular flexibility index (Phi) is 7.42. The molecule has 84 valence electrons. The molecule has 2 N–H and O–H groups in total. The molecule has 0 aliphatic carbocycles. The van der Waals surface area contributed by atoms with E-state index in [1.165, 1.54) is 32.4 Å². The first-order valence-corrected chi connectivity index (χ1v) is 5.12. The number of hydrogen-bond acceptors (Lipinski definition) is 3. The van der Waals surface area contributed by atoms with Gasteiger partial charge in [-0.1, -0.05) is 6.42 Å². The molecule has 14 heavy (non-hydrogen) atoms. The zero-order valence-corrected chi connectivity index (χ0v) is 9.07. The summed E-state index contributed by atoms with van der Waals surface area (Å²) >= 11 is 0. The van der Waals surface area contributed by atoms with Gasteiger partial charge in [-0.15, -0.1) is 0 Å². The van der Waals surface area contributed by atoms with E-state index in [0.29, 0.717) is 0 Å². The summed E-state index contributed by atoms with van der Waals surface area (Å²) in [6, 6.07) is 0. The Bertz CT molecular complexity index is 149. The van der Waals surface area contributed by atoms with E-state index in [1.807, 2.05) is 6.92 Å². The van der Waals surface area contributed by atoms with Gasteiger partial charge in [0.25, 0.3) is 5.97 Å². The number of carbonyl (C=O) groups is 1.